The number of carbonyl (C=O) groups excluding carboxylic acids is 3. The number of hydrogen-bond acceptors (Lipinski definition) is 7. The minimum absolute atomic E-state index is 0.0195. The number of ether oxygens (including phenoxy) is 2. The number of hydrogen-bond donors (Lipinski definition) is 1. The summed E-state index contributed by atoms with van der Waals surface area (Å²) in [6.45, 7) is 1.11. The summed E-state index contributed by atoms with van der Waals surface area (Å²) in [5.74, 6) is 1.89. The molecule has 1 saturated heterocycles. The van der Waals surface area contributed by atoms with Crippen molar-refractivity contribution in [3.8, 4) is 17.6 Å². The largest absolute Gasteiger partial charge is 0.490 e. The van der Waals surface area contributed by atoms with Crippen molar-refractivity contribution in [2.45, 2.75) is 70.0 Å². The van der Waals surface area contributed by atoms with Crippen LogP contribution < -0.4 is 14.8 Å². The van der Waals surface area contributed by atoms with E-state index in [4.69, 9.17) is 14.7 Å². The molecule has 0 unspecified atom stereocenters. The smallest absolute Gasteiger partial charge is 0.272 e. The van der Waals surface area contributed by atoms with Crippen molar-refractivity contribution in [2.24, 2.45) is 11.8 Å². The first-order valence-corrected chi connectivity index (χ1v) is 16.0. The highest BCUT2D eigenvalue weighted by Crippen LogP contribution is 2.32. The third kappa shape index (κ3) is 8.07. The first-order valence-electron chi connectivity index (χ1n) is 16.0. The topological polar surface area (TPSA) is 122 Å². The van der Waals surface area contributed by atoms with Gasteiger partial charge in [-0.25, -0.2) is 0 Å². The number of nitrogens with one attached hydrogen (secondary N) is 1. The third-order valence-corrected chi connectivity index (χ3v) is 8.94. The van der Waals surface area contributed by atoms with Crippen molar-refractivity contribution in [1.82, 2.24) is 9.88 Å². The summed E-state index contributed by atoms with van der Waals surface area (Å²) < 4.78 is 12.2. The number of rotatable bonds is 10. The Kier molecular flexibility index (Phi) is 9.39. The number of aromatic nitrogens is 1. The molecule has 6 rings (SSSR count). The molecule has 0 radical (unpaired) electrons. The zero-order valence-electron chi connectivity index (χ0n) is 25.3. The van der Waals surface area contributed by atoms with E-state index in [0.717, 1.165) is 50.0 Å². The van der Waals surface area contributed by atoms with Gasteiger partial charge in [-0.1, -0.05) is 6.07 Å². The van der Waals surface area contributed by atoms with Gasteiger partial charge < -0.3 is 19.7 Å². The summed E-state index contributed by atoms with van der Waals surface area (Å²) in [6.07, 6.45) is 8.99. The molecule has 232 valence electrons. The van der Waals surface area contributed by atoms with Gasteiger partial charge >= 0.3 is 0 Å². The van der Waals surface area contributed by atoms with Crippen LogP contribution in [0.15, 0.2) is 66.9 Å². The van der Waals surface area contributed by atoms with Crippen molar-refractivity contribution < 1.29 is 23.9 Å². The normalized spacial score (nSPS) is 20.1. The molecular formula is C36H38N4O5. The minimum Gasteiger partial charge on any atom is -0.490 e. The standard InChI is InChI=1S/C36H38N4O5/c37-22-25-6-13-30(14-7-25)44-29-11-4-24(5-12-29)20-34(41)27-10-15-33(38-23-27)36(43)40-18-16-31(17-19-40)45-32-3-1-2-28(21-32)39-35(42)26-8-9-26/h1-3,6-7,10,13-15,21,23-24,26,29,31H,4-5,8-9,11-12,16-20H2,(H,39,42). The molecule has 2 aliphatic carbocycles. The van der Waals surface area contributed by atoms with Gasteiger partial charge in [0.1, 0.15) is 23.3 Å². The van der Waals surface area contributed by atoms with Crippen LogP contribution in [0.25, 0.3) is 0 Å². The Balaban J connectivity index is 0.926. The number of pyridine rings is 1. The van der Waals surface area contributed by atoms with Crippen molar-refractivity contribution in [2.75, 3.05) is 18.4 Å². The highest BCUT2D eigenvalue weighted by Gasteiger charge is 2.30. The number of anilines is 1. The highest BCUT2D eigenvalue weighted by atomic mass is 16.5. The predicted octanol–water partition coefficient (Wildman–Crippen LogP) is 6.20. The van der Waals surface area contributed by atoms with Gasteiger partial charge in [0, 0.05) is 61.8 Å². The van der Waals surface area contributed by atoms with Gasteiger partial charge in [-0.3, -0.25) is 19.4 Å². The van der Waals surface area contributed by atoms with E-state index in [1.54, 1.807) is 29.2 Å². The van der Waals surface area contributed by atoms with Gasteiger partial charge in [0.25, 0.3) is 5.91 Å². The highest BCUT2D eigenvalue weighted by molar-refractivity contribution is 5.97. The molecule has 2 saturated carbocycles. The van der Waals surface area contributed by atoms with Crippen LogP contribution in [-0.4, -0.2) is 52.8 Å². The number of Topliss-reactive ketones (excluding diaryl/α,β-unsaturated/α-hetero) is 1. The molecule has 2 aromatic carbocycles. The Hall–Kier alpha value is -4.71. The fourth-order valence-corrected chi connectivity index (χ4v) is 6.09. The first-order chi connectivity index (χ1) is 21.9. The van der Waals surface area contributed by atoms with Crippen LogP contribution in [0, 0.1) is 23.2 Å². The number of nitriles is 1. The van der Waals surface area contributed by atoms with Gasteiger partial charge in [0.15, 0.2) is 5.78 Å². The summed E-state index contributed by atoms with van der Waals surface area (Å²) in [5, 5.41) is 11.9. The van der Waals surface area contributed by atoms with Crippen molar-refractivity contribution in [3.05, 3.63) is 83.7 Å². The molecule has 0 atom stereocenters. The van der Waals surface area contributed by atoms with E-state index >= 15 is 0 Å². The summed E-state index contributed by atoms with van der Waals surface area (Å²) in [5.41, 5.74) is 2.22. The van der Waals surface area contributed by atoms with E-state index in [9.17, 15) is 14.4 Å². The van der Waals surface area contributed by atoms with E-state index < -0.39 is 0 Å². The maximum atomic E-state index is 13.1. The molecule has 1 aromatic heterocycles. The second kappa shape index (κ2) is 13.9. The van der Waals surface area contributed by atoms with Gasteiger partial charge in [-0.15, -0.1) is 0 Å². The summed E-state index contributed by atoms with van der Waals surface area (Å²) >= 11 is 0. The zero-order chi connectivity index (χ0) is 31.2. The number of amides is 2. The molecule has 9 heteroatoms. The van der Waals surface area contributed by atoms with Crippen LogP contribution in [0.3, 0.4) is 0 Å². The van der Waals surface area contributed by atoms with Crippen LogP contribution in [-0.2, 0) is 4.79 Å². The van der Waals surface area contributed by atoms with Crippen LogP contribution in [0.1, 0.15) is 84.2 Å². The van der Waals surface area contributed by atoms with Crippen LogP contribution in [0.5, 0.6) is 11.5 Å². The lowest BCUT2D eigenvalue weighted by Crippen LogP contribution is -2.42. The average molecular weight is 607 g/mol. The average Bonchev–Trinajstić information content (AvgIpc) is 3.93. The van der Waals surface area contributed by atoms with Crippen molar-refractivity contribution in [1.29, 1.82) is 5.26 Å². The van der Waals surface area contributed by atoms with Gasteiger partial charge in [0.2, 0.25) is 5.91 Å². The van der Waals surface area contributed by atoms with E-state index in [2.05, 4.69) is 16.4 Å². The summed E-state index contributed by atoms with van der Waals surface area (Å²) in [4.78, 5) is 44.3. The number of piperidine rings is 1. The second-order valence-electron chi connectivity index (χ2n) is 12.4. The van der Waals surface area contributed by atoms with E-state index in [1.807, 2.05) is 36.4 Å². The quantitative estimate of drug-likeness (QED) is 0.273. The number of benzene rings is 2. The molecule has 9 nitrogen and oxygen atoms in total. The fourth-order valence-electron chi connectivity index (χ4n) is 6.09. The maximum Gasteiger partial charge on any atom is 0.272 e. The minimum atomic E-state index is -0.141. The molecular weight excluding hydrogens is 568 g/mol. The van der Waals surface area contributed by atoms with E-state index in [-0.39, 0.29) is 35.7 Å². The predicted molar refractivity (Wildman–Crippen MR) is 168 cm³/mol. The lowest BCUT2D eigenvalue weighted by Gasteiger charge is -2.32. The van der Waals surface area contributed by atoms with Crippen molar-refractivity contribution >= 4 is 23.3 Å². The second-order valence-corrected chi connectivity index (χ2v) is 12.4. The molecule has 3 aliphatic rings. The van der Waals surface area contributed by atoms with Gasteiger partial charge in [0.05, 0.1) is 17.7 Å². The number of nitrogens with zero attached hydrogens (tertiary/aromatic N) is 3. The fraction of sp³-hybridized carbons (Fsp3) is 0.417. The summed E-state index contributed by atoms with van der Waals surface area (Å²) in [7, 11) is 0. The number of ketones is 1. The molecule has 3 aromatic rings. The van der Waals surface area contributed by atoms with Crippen LogP contribution >= 0.6 is 0 Å². The Morgan fingerprint density at radius 2 is 1.56 bits per heavy atom. The molecule has 45 heavy (non-hydrogen) atoms. The molecule has 0 spiro atoms. The monoisotopic (exact) mass is 606 g/mol. The molecule has 2 heterocycles. The SMILES string of the molecule is N#Cc1ccc(OC2CCC(CC(=O)c3ccc(C(=O)N4CCC(Oc5cccc(NC(=O)C6CC6)c5)CC4)nc3)CC2)cc1. The van der Waals surface area contributed by atoms with Crippen LogP contribution in [0.4, 0.5) is 5.69 Å². The molecule has 3 fully saturated rings. The molecule has 0 bridgehead atoms. The Morgan fingerprint density at radius 1 is 0.844 bits per heavy atom. The van der Waals surface area contributed by atoms with E-state index in [0.29, 0.717) is 60.8 Å². The van der Waals surface area contributed by atoms with Crippen molar-refractivity contribution in [3.63, 3.8) is 0 Å². The molecule has 1 aliphatic heterocycles. The van der Waals surface area contributed by atoms with Gasteiger partial charge in [-0.2, -0.15) is 5.26 Å². The third-order valence-electron chi connectivity index (χ3n) is 8.94. The number of carbonyl (C=O) groups is 3. The van der Waals surface area contributed by atoms with Gasteiger partial charge in [-0.05, 0) is 93.0 Å². The zero-order valence-corrected chi connectivity index (χ0v) is 25.3. The Morgan fingerprint density at radius 3 is 2.22 bits per heavy atom. The lowest BCUT2D eigenvalue weighted by atomic mass is 9.83. The first kappa shape index (κ1) is 30.3. The maximum absolute atomic E-state index is 13.1. The molecule has 1 N–H and O–H groups in total. The number of likely N-dealkylation sites (tertiary alicyclic amines) is 1. The summed E-state index contributed by atoms with van der Waals surface area (Å²) in [6, 6.07) is 20.1. The molecule has 2 amide bonds. The lowest BCUT2D eigenvalue weighted by molar-refractivity contribution is -0.117. The Labute approximate surface area is 263 Å². The van der Waals surface area contributed by atoms with Crippen LogP contribution in [0.2, 0.25) is 0 Å². The Bertz CT molecular complexity index is 1550. The van der Waals surface area contributed by atoms with E-state index in [1.165, 1.54) is 6.20 Å².